The van der Waals surface area contributed by atoms with Gasteiger partial charge < -0.3 is 0 Å². The molecule has 0 rings (SSSR count). The van der Waals surface area contributed by atoms with Crippen molar-refractivity contribution in [1.29, 1.82) is 0 Å². The second kappa shape index (κ2) is 34.1. The van der Waals surface area contributed by atoms with Crippen LogP contribution in [0, 0.1) is 40.8 Å². The van der Waals surface area contributed by atoms with Gasteiger partial charge in [0.15, 0.2) is 0 Å². The van der Waals surface area contributed by atoms with E-state index in [0.717, 1.165) is 0 Å². The fourth-order valence-corrected chi connectivity index (χ4v) is 0. The predicted octanol–water partition coefficient (Wildman–Crippen LogP) is 0.455. The molecule has 0 heterocycles. The quantitative estimate of drug-likeness (QED) is 0.608. The SMILES string of the molecule is F.F.F.[Nd].[Y]. The summed E-state index contributed by atoms with van der Waals surface area (Å²) in [4.78, 5) is 0. The Balaban J connectivity index is 0. The maximum Gasteiger partial charge on any atom is 0 e. The van der Waals surface area contributed by atoms with Gasteiger partial charge in [-0.3, -0.25) is 14.1 Å². The van der Waals surface area contributed by atoms with E-state index < -0.39 is 0 Å². The molecule has 0 N–H and O–H groups in total. The van der Waals surface area contributed by atoms with Crippen LogP contribution in [0.4, 0.5) is 14.1 Å². The smallest absolute Gasteiger partial charge is 0 e. The fourth-order valence-electron chi connectivity index (χ4n) is 0. The number of hydrogen-bond acceptors (Lipinski definition) is 0. The molecular weight excluding hydrogens is 290 g/mol. The Hall–Kier alpha value is 2.24. The van der Waals surface area contributed by atoms with E-state index in [1.165, 1.54) is 0 Å². The second-order valence-electron chi connectivity index (χ2n) is 0. The first kappa shape index (κ1) is 56.1. The molecular formula is H3F3NdY. The molecule has 0 spiro atoms. The molecule has 0 aromatic carbocycles. The van der Waals surface area contributed by atoms with Gasteiger partial charge in [0, 0.05) is 73.5 Å². The monoisotopic (exact) mass is 291 g/mol. The van der Waals surface area contributed by atoms with Crippen LogP contribution in [0.15, 0.2) is 0 Å². The minimum Gasteiger partial charge on any atom is -0.269 e. The summed E-state index contributed by atoms with van der Waals surface area (Å²) < 4.78 is 0. The van der Waals surface area contributed by atoms with Gasteiger partial charge in [-0.1, -0.05) is 0 Å². The molecule has 5 heavy (non-hydrogen) atoms. The Bertz CT molecular complexity index is 6.85. The molecule has 0 aliphatic carbocycles. The summed E-state index contributed by atoms with van der Waals surface area (Å²) in [7, 11) is 0. The fraction of sp³-hybridized carbons (Fsp3) is 0. The Morgan fingerprint density at radius 3 is 0.600 bits per heavy atom. The van der Waals surface area contributed by atoms with E-state index in [0.29, 0.717) is 0 Å². The minimum absolute atomic E-state index is 0. The molecule has 1 radical (unpaired) electrons. The largest absolute Gasteiger partial charge is 0.269 e. The molecule has 0 aliphatic rings. The van der Waals surface area contributed by atoms with Crippen LogP contribution in [0.25, 0.3) is 0 Å². The molecule has 0 aromatic rings. The maximum atomic E-state index is 0. The summed E-state index contributed by atoms with van der Waals surface area (Å²) in [5.74, 6) is 0. The van der Waals surface area contributed by atoms with Crippen LogP contribution in [-0.4, -0.2) is 0 Å². The molecule has 0 aromatic heterocycles. The van der Waals surface area contributed by atoms with E-state index in [1.807, 2.05) is 0 Å². The Morgan fingerprint density at radius 2 is 0.600 bits per heavy atom. The third-order valence-corrected chi connectivity index (χ3v) is 0. The van der Waals surface area contributed by atoms with Crippen molar-refractivity contribution in [2.24, 2.45) is 0 Å². The molecule has 5 heteroatoms. The van der Waals surface area contributed by atoms with Crippen LogP contribution in [0.2, 0.25) is 0 Å². The van der Waals surface area contributed by atoms with Gasteiger partial charge in [-0.15, -0.1) is 0 Å². The molecule has 0 amide bonds. The standard InChI is InChI=1S/3FH.Nd.Y/h3*1H;;. The van der Waals surface area contributed by atoms with Gasteiger partial charge in [0.2, 0.25) is 0 Å². The molecule has 0 saturated heterocycles. The van der Waals surface area contributed by atoms with E-state index in [-0.39, 0.29) is 87.7 Å². The maximum absolute atomic E-state index is 0. The van der Waals surface area contributed by atoms with Crippen molar-refractivity contribution in [2.75, 3.05) is 0 Å². The van der Waals surface area contributed by atoms with Crippen molar-refractivity contribution in [3.05, 3.63) is 0 Å². The molecule has 0 nitrogen and oxygen atoms in total. The van der Waals surface area contributed by atoms with Crippen LogP contribution < -0.4 is 0 Å². The zero-order valence-electron chi connectivity index (χ0n) is 2.30. The first-order valence-electron chi connectivity index (χ1n) is 0. The third-order valence-electron chi connectivity index (χ3n) is 0. The van der Waals surface area contributed by atoms with Crippen molar-refractivity contribution in [2.45, 2.75) is 0 Å². The zero-order valence-corrected chi connectivity index (χ0v) is 8.35. The van der Waals surface area contributed by atoms with E-state index in [4.69, 9.17) is 0 Å². The van der Waals surface area contributed by atoms with E-state index >= 15 is 0 Å². The third kappa shape index (κ3) is 22.3. The number of halogens is 3. The Kier molecular flexibility index (Phi) is 382. The van der Waals surface area contributed by atoms with Crippen LogP contribution in [-0.2, 0) is 32.7 Å². The summed E-state index contributed by atoms with van der Waals surface area (Å²) in [6.07, 6.45) is 0. The molecule has 0 aliphatic heterocycles. The van der Waals surface area contributed by atoms with E-state index in [1.54, 1.807) is 0 Å². The van der Waals surface area contributed by atoms with Gasteiger partial charge in [0.25, 0.3) is 0 Å². The van der Waals surface area contributed by atoms with Crippen molar-refractivity contribution < 1.29 is 87.7 Å². The van der Waals surface area contributed by atoms with Gasteiger partial charge in [0.1, 0.15) is 0 Å². The van der Waals surface area contributed by atoms with Gasteiger partial charge in [0.05, 0.1) is 0 Å². The van der Waals surface area contributed by atoms with Crippen LogP contribution in [0.5, 0.6) is 0 Å². The van der Waals surface area contributed by atoms with E-state index in [2.05, 4.69) is 0 Å². The summed E-state index contributed by atoms with van der Waals surface area (Å²) in [6.45, 7) is 0. The minimum atomic E-state index is 0. The molecule has 0 unspecified atom stereocenters. The molecule has 0 fully saturated rings. The predicted molar refractivity (Wildman–Crippen MR) is 7.51 cm³/mol. The molecule has 31 valence electrons. The summed E-state index contributed by atoms with van der Waals surface area (Å²) in [5.41, 5.74) is 0. The van der Waals surface area contributed by atoms with Crippen molar-refractivity contribution in [3.63, 3.8) is 0 Å². The number of hydrogen-bond donors (Lipinski definition) is 0. The number of rotatable bonds is 0. The molecule has 0 saturated carbocycles. The Morgan fingerprint density at radius 1 is 0.600 bits per heavy atom. The van der Waals surface area contributed by atoms with Crippen LogP contribution in [0.1, 0.15) is 0 Å². The van der Waals surface area contributed by atoms with Crippen LogP contribution in [0.3, 0.4) is 0 Å². The summed E-state index contributed by atoms with van der Waals surface area (Å²) in [6, 6.07) is 0. The normalized spacial score (nSPS) is 0. The molecule has 0 atom stereocenters. The first-order chi connectivity index (χ1) is 0. The zero-order chi connectivity index (χ0) is 0. The average molecular weight is 293 g/mol. The van der Waals surface area contributed by atoms with Crippen molar-refractivity contribution in [3.8, 4) is 0 Å². The molecule has 0 bridgehead atoms. The van der Waals surface area contributed by atoms with Crippen molar-refractivity contribution >= 4 is 0 Å². The first-order valence-corrected chi connectivity index (χ1v) is 0. The Labute approximate surface area is 86.0 Å². The summed E-state index contributed by atoms with van der Waals surface area (Å²) in [5, 5.41) is 0. The van der Waals surface area contributed by atoms with Gasteiger partial charge in [-0.05, 0) is 0 Å². The van der Waals surface area contributed by atoms with E-state index in [9.17, 15) is 0 Å². The van der Waals surface area contributed by atoms with Gasteiger partial charge in [-0.2, -0.15) is 0 Å². The summed E-state index contributed by atoms with van der Waals surface area (Å²) >= 11 is 0. The van der Waals surface area contributed by atoms with Crippen LogP contribution >= 0.6 is 0 Å². The van der Waals surface area contributed by atoms with Gasteiger partial charge in [-0.25, -0.2) is 0 Å². The average Bonchev–Trinajstić information content (AvgIpc) is 0. The second-order valence-corrected chi connectivity index (χ2v) is 0. The topological polar surface area (TPSA) is 0 Å². The van der Waals surface area contributed by atoms with Gasteiger partial charge >= 0.3 is 0 Å². The van der Waals surface area contributed by atoms with Crippen molar-refractivity contribution in [1.82, 2.24) is 0 Å².